The molecule has 1 aliphatic carbocycles. The summed E-state index contributed by atoms with van der Waals surface area (Å²) in [5, 5.41) is 0. The van der Waals surface area contributed by atoms with Crippen LogP contribution in [0.2, 0.25) is 0 Å². The predicted molar refractivity (Wildman–Crippen MR) is 84.5 cm³/mol. The van der Waals surface area contributed by atoms with Gasteiger partial charge in [-0.3, -0.25) is 14.5 Å². The second-order valence-electron chi connectivity index (χ2n) is 6.32. The van der Waals surface area contributed by atoms with Gasteiger partial charge in [0.05, 0.1) is 11.5 Å². The molecule has 1 spiro atoms. The van der Waals surface area contributed by atoms with Gasteiger partial charge in [-0.05, 0) is 37.5 Å². The van der Waals surface area contributed by atoms with Crippen LogP contribution in [0, 0.1) is 5.41 Å². The van der Waals surface area contributed by atoms with Crippen LogP contribution >= 0.6 is 15.9 Å². The molecule has 1 aliphatic heterocycles. The first-order valence-corrected chi connectivity index (χ1v) is 8.45. The third-order valence-corrected chi connectivity index (χ3v) is 5.45. The predicted octanol–water partition coefficient (Wildman–Crippen LogP) is 4.22. The SMILES string of the molecule is CC(c1cccc(Br)c1)N1C(=O)CC2(CCCCC2)C1=O. The minimum atomic E-state index is -0.393. The number of halogens is 1. The average molecular weight is 350 g/mol. The fourth-order valence-electron chi connectivity index (χ4n) is 3.75. The third-order valence-electron chi connectivity index (χ3n) is 4.96. The summed E-state index contributed by atoms with van der Waals surface area (Å²) in [6.07, 6.45) is 5.48. The lowest BCUT2D eigenvalue weighted by molar-refractivity contribution is -0.144. The maximum absolute atomic E-state index is 12.9. The van der Waals surface area contributed by atoms with Gasteiger partial charge in [0, 0.05) is 10.9 Å². The van der Waals surface area contributed by atoms with E-state index in [9.17, 15) is 9.59 Å². The highest BCUT2D eigenvalue weighted by molar-refractivity contribution is 9.10. The van der Waals surface area contributed by atoms with Crippen molar-refractivity contribution >= 4 is 27.7 Å². The number of hydrogen-bond acceptors (Lipinski definition) is 2. The summed E-state index contributed by atoms with van der Waals surface area (Å²) in [7, 11) is 0. The molecular formula is C17H20BrNO2. The van der Waals surface area contributed by atoms with Gasteiger partial charge in [0.15, 0.2) is 0 Å². The van der Waals surface area contributed by atoms with E-state index in [4.69, 9.17) is 0 Å². The molecule has 112 valence electrons. The number of amides is 2. The van der Waals surface area contributed by atoms with Gasteiger partial charge < -0.3 is 0 Å². The average Bonchev–Trinajstić information content (AvgIpc) is 2.70. The second-order valence-corrected chi connectivity index (χ2v) is 7.23. The Balaban J connectivity index is 1.88. The smallest absolute Gasteiger partial charge is 0.236 e. The summed E-state index contributed by atoms with van der Waals surface area (Å²) in [5.41, 5.74) is 0.606. The van der Waals surface area contributed by atoms with Crippen LogP contribution in [0.1, 0.15) is 57.1 Å². The topological polar surface area (TPSA) is 37.4 Å². The highest BCUT2D eigenvalue weighted by atomic mass is 79.9. The zero-order valence-corrected chi connectivity index (χ0v) is 13.9. The van der Waals surface area contributed by atoms with Crippen molar-refractivity contribution in [3.05, 3.63) is 34.3 Å². The van der Waals surface area contributed by atoms with Crippen molar-refractivity contribution in [1.82, 2.24) is 4.90 Å². The molecule has 2 fully saturated rings. The normalized spacial score (nSPS) is 22.9. The maximum Gasteiger partial charge on any atom is 0.236 e. The first kappa shape index (κ1) is 14.8. The van der Waals surface area contributed by atoms with E-state index >= 15 is 0 Å². The van der Waals surface area contributed by atoms with Gasteiger partial charge in [0.1, 0.15) is 0 Å². The number of rotatable bonds is 2. The molecule has 3 rings (SSSR count). The van der Waals surface area contributed by atoms with Crippen LogP contribution in [-0.2, 0) is 9.59 Å². The molecule has 21 heavy (non-hydrogen) atoms. The first-order valence-electron chi connectivity index (χ1n) is 7.65. The lowest BCUT2D eigenvalue weighted by Gasteiger charge is -2.32. The van der Waals surface area contributed by atoms with Crippen LogP contribution in [-0.4, -0.2) is 16.7 Å². The number of nitrogens with zero attached hydrogens (tertiary/aromatic N) is 1. The summed E-state index contributed by atoms with van der Waals surface area (Å²) >= 11 is 3.45. The molecule has 4 heteroatoms. The van der Waals surface area contributed by atoms with Gasteiger partial charge in [-0.15, -0.1) is 0 Å². The number of imide groups is 1. The summed E-state index contributed by atoms with van der Waals surface area (Å²) in [4.78, 5) is 26.8. The van der Waals surface area contributed by atoms with Crippen molar-refractivity contribution in [2.24, 2.45) is 5.41 Å². The number of likely N-dealkylation sites (tertiary alicyclic amines) is 1. The van der Waals surface area contributed by atoms with Crippen LogP contribution < -0.4 is 0 Å². The van der Waals surface area contributed by atoms with E-state index in [1.807, 2.05) is 31.2 Å². The second kappa shape index (κ2) is 5.56. The Morgan fingerprint density at radius 2 is 1.90 bits per heavy atom. The molecule has 1 aromatic rings. The van der Waals surface area contributed by atoms with E-state index in [1.165, 1.54) is 11.3 Å². The van der Waals surface area contributed by atoms with Crippen LogP contribution in [0.5, 0.6) is 0 Å². The Hall–Kier alpha value is -1.16. The van der Waals surface area contributed by atoms with Gasteiger partial charge in [0.2, 0.25) is 11.8 Å². The highest BCUT2D eigenvalue weighted by Gasteiger charge is 2.52. The molecule has 3 nitrogen and oxygen atoms in total. The molecule has 0 N–H and O–H groups in total. The first-order chi connectivity index (χ1) is 10.0. The molecule has 0 bridgehead atoms. The monoisotopic (exact) mass is 349 g/mol. The number of carbonyl (C=O) groups is 2. The van der Waals surface area contributed by atoms with Gasteiger partial charge in [-0.1, -0.05) is 47.3 Å². The van der Waals surface area contributed by atoms with Gasteiger partial charge >= 0.3 is 0 Å². The molecule has 1 atom stereocenters. The summed E-state index contributed by atoms with van der Waals surface area (Å²) in [5.74, 6) is 0.0500. The van der Waals surface area contributed by atoms with E-state index in [1.54, 1.807) is 0 Å². The molecule has 2 aliphatic rings. The van der Waals surface area contributed by atoms with Crippen molar-refractivity contribution in [3.8, 4) is 0 Å². The molecule has 0 aromatic heterocycles. The van der Waals surface area contributed by atoms with Gasteiger partial charge in [-0.2, -0.15) is 0 Å². The minimum absolute atomic E-state index is 0.00521. The summed E-state index contributed by atoms with van der Waals surface area (Å²) in [6, 6.07) is 7.66. The standard InChI is InChI=1S/C17H20BrNO2/c1-12(13-6-5-7-14(18)10-13)19-15(20)11-17(16(19)21)8-3-2-4-9-17/h5-7,10,12H,2-4,8-9,11H2,1H3. The van der Waals surface area contributed by atoms with Crippen molar-refractivity contribution in [2.45, 2.75) is 51.5 Å². The fourth-order valence-corrected chi connectivity index (χ4v) is 4.16. The maximum atomic E-state index is 12.9. The lowest BCUT2D eigenvalue weighted by Crippen LogP contribution is -2.38. The van der Waals surface area contributed by atoms with Gasteiger partial charge in [-0.25, -0.2) is 0 Å². The van der Waals surface area contributed by atoms with Crippen LogP contribution in [0.25, 0.3) is 0 Å². The Labute approximate surface area is 133 Å². The summed E-state index contributed by atoms with van der Waals surface area (Å²) in [6.45, 7) is 1.94. The molecule has 2 amide bonds. The zero-order chi connectivity index (χ0) is 15.0. The van der Waals surface area contributed by atoms with Crippen molar-refractivity contribution in [2.75, 3.05) is 0 Å². The van der Waals surface area contributed by atoms with Gasteiger partial charge in [0.25, 0.3) is 0 Å². The van der Waals surface area contributed by atoms with Crippen LogP contribution in [0.15, 0.2) is 28.7 Å². The summed E-state index contributed by atoms with van der Waals surface area (Å²) < 4.78 is 0.971. The molecule has 1 unspecified atom stereocenters. The highest BCUT2D eigenvalue weighted by Crippen LogP contribution is 2.47. The number of carbonyl (C=O) groups excluding carboxylic acids is 2. The fraction of sp³-hybridized carbons (Fsp3) is 0.529. The number of hydrogen-bond donors (Lipinski definition) is 0. The Kier molecular flexibility index (Phi) is 3.91. The minimum Gasteiger partial charge on any atom is -0.275 e. The van der Waals surface area contributed by atoms with E-state index in [-0.39, 0.29) is 17.9 Å². The zero-order valence-electron chi connectivity index (χ0n) is 12.3. The third kappa shape index (κ3) is 2.54. The van der Waals surface area contributed by atoms with Crippen molar-refractivity contribution in [1.29, 1.82) is 0 Å². The van der Waals surface area contributed by atoms with Crippen molar-refractivity contribution < 1.29 is 9.59 Å². The largest absolute Gasteiger partial charge is 0.275 e. The molecular weight excluding hydrogens is 330 g/mol. The Morgan fingerprint density at radius 1 is 1.19 bits per heavy atom. The van der Waals surface area contributed by atoms with Crippen molar-refractivity contribution in [3.63, 3.8) is 0 Å². The molecule has 1 aromatic carbocycles. The lowest BCUT2D eigenvalue weighted by atomic mass is 9.73. The van der Waals surface area contributed by atoms with E-state index in [0.717, 1.165) is 35.7 Å². The number of benzene rings is 1. The van der Waals surface area contributed by atoms with E-state index in [0.29, 0.717) is 6.42 Å². The quantitative estimate of drug-likeness (QED) is 0.749. The Morgan fingerprint density at radius 3 is 2.57 bits per heavy atom. The molecule has 1 heterocycles. The van der Waals surface area contributed by atoms with Crippen LogP contribution in [0.3, 0.4) is 0 Å². The van der Waals surface area contributed by atoms with Crippen LogP contribution in [0.4, 0.5) is 0 Å². The Bertz CT molecular complexity index is 578. The van der Waals surface area contributed by atoms with E-state index < -0.39 is 5.41 Å². The molecule has 1 saturated heterocycles. The molecule has 0 radical (unpaired) electrons. The molecule has 1 saturated carbocycles. The van der Waals surface area contributed by atoms with E-state index in [2.05, 4.69) is 15.9 Å².